The Hall–Kier alpha value is 0.110. The first-order valence-electron chi connectivity index (χ1n) is 2.38. The van der Waals surface area contributed by atoms with E-state index in [0.717, 1.165) is 0 Å². The summed E-state index contributed by atoms with van der Waals surface area (Å²) >= 11 is 3.01. The molecule has 2 unspecified atom stereocenters. The molecule has 3 heteroatoms. The lowest BCUT2D eigenvalue weighted by molar-refractivity contribution is -0.117. The van der Waals surface area contributed by atoms with Crippen molar-refractivity contribution in [3.05, 3.63) is 0 Å². The fraction of sp³-hybridized carbons (Fsp3) is 0.800. The number of hydrogen-bond acceptors (Lipinski definition) is 2. The normalized spacial score (nSPS) is 17.5. The average Bonchev–Trinajstić information content (AvgIpc) is 1.64. The van der Waals surface area contributed by atoms with Crippen LogP contribution in [0.5, 0.6) is 0 Å². The van der Waals surface area contributed by atoms with E-state index in [-0.39, 0.29) is 5.78 Å². The van der Waals surface area contributed by atoms with Crippen molar-refractivity contribution in [2.45, 2.75) is 24.8 Å². The van der Waals surface area contributed by atoms with Gasteiger partial charge in [0.2, 0.25) is 0 Å². The van der Waals surface area contributed by atoms with Crippen molar-refractivity contribution in [2.75, 3.05) is 0 Å². The number of carbonyl (C=O) groups is 1. The molecule has 0 aromatic heterocycles. The number of hydrogen-bond donors (Lipinski definition) is 1. The van der Waals surface area contributed by atoms with Gasteiger partial charge in [-0.25, -0.2) is 0 Å². The van der Waals surface area contributed by atoms with Crippen molar-refractivity contribution in [2.24, 2.45) is 0 Å². The van der Waals surface area contributed by atoms with Crippen molar-refractivity contribution < 1.29 is 9.90 Å². The van der Waals surface area contributed by atoms with Crippen LogP contribution in [0.2, 0.25) is 0 Å². The fourth-order valence-corrected chi connectivity index (χ4v) is 0.340. The van der Waals surface area contributed by atoms with Crippen molar-refractivity contribution in [1.29, 1.82) is 0 Å². The monoisotopic (exact) mass is 180 g/mol. The van der Waals surface area contributed by atoms with Gasteiger partial charge in [-0.15, -0.1) is 0 Å². The van der Waals surface area contributed by atoms with Gasteiger partial charge in [0.1, 0.15) is 5.78 Å². The second-order valence-corrected chi connectivity index (χ2v) is 2.74. The summed E-state index contributed by atoms with van der Waals surface area (Å²) in [6.07, 6.45) is -0.590. The van der Waals surface area contributed by atoms with Crippen molar-refractivity contribution in [3.8, 4) is 0 Å². The summed E-state index contributed by atoms with van der Waals surface area (Å²) in [7, 11) is 0. The highest BCUT2D eigenvalue weighted by Gasteiger charge is 2.14. The zero-order valence-corrected chi connectivity index (χ0v) is 6.47. The number of alkyl halides is 1. The zero-order valence-electron chi connectivity index (χ0n) is 4.89. The number of rotatable bonds is 2. The van der Waals surface area contributed by atoms with Crippen LogP contribution in [0.25, 0.3) is 0 Å². The van der Waals surface area contributed by atoms with Gasteiger partial charge in [-0.05, 0) is 13.8 Å². The van der Waals surface area contributed by atoms with Gasteiger partial charge in [-0.2, -0.15) is 0 Å². The molecular weight excluding hydrogens is 172 g/mol. The fourth-order valence-electron chi connectivity index (χ4n) is 0.340. The van der Waals surface area contributed by atoms with Gasteiger partial charge in [0.15, 0.2) is 0 Å². The van der Waals surface area contributed by atoms with Crippen LogP contribution in [-0.4, -0.2) is 21.8 Å². The summed E-state index contributed by atoms with van der Waals surface area (Å²) in [5.74, 6) is -0.0417. The first-order chi connectivity index (χ1) is 3.55. The SMILES string of the molecule is CC(=O)C(Br)C(C)O. The zero-order chi connectivity index (χ0) is 6.73. The van der Waals surface area contributed by atoms with E-state index in [1.54, 1.807) is 6.92 Å². The third-order valence-corrected chi connectivity index (χ3v) is 2.22. The summed E-state index contributed by atoms with van der Waals surface area (Å²) in [5, 5.41) is 8.72. The lowest BCUT2D eigenvalue weighted by Crippen LogP contribution is -2.23. The second-order valence-electron chi connectivity index (χ2n) is 1.75. The average molecular weight is 181 g/mol. The summed E-state index contributed by atoms with van der Waals surface area (Å²) in [4.78, 5) is 9.98. The van der Waals surface area contributed by atoms with Crippen molar-refractivity contribution in [3.63, 3.8) is 0 Å². The van der Waals surface area contributed by atoms with Gasteiger partial charge in [0.25, 0.3) is 0 Å². The maximum absolute atomic E-state index is 10.4. The standard InChI is InChI=1S/C5H9BrO2/c1-3(7)5(6)4(2)8/h3,5,7H,1-2H3. The Morgan fingerprint density at radius 3 is 2.12 bits per heavy atom. The quantitative estimate of drug-likeness (QED) is 0.637. The minimum absolute atomic E-state index is 0.0417. The number of halogens is 1. The third-order valence-electron chi connectivity index (χ3n) is 0.812. The largest absolute Gasteiger partial charge is 0.392 e. The summed E-state index contributed by atoms with van der Waals surface area (Å²) in [5.41, 5.74) is 0. The molecule has 1 N–H and O–H groups in total. The van der Waals surface area contributed by atoms with Crippen LogP contribution in [0.4, 0.5) is 0 Å². The molecule has 0 aliphatic rings. The first-order valence-corrected chi connectivity index (χ1v) is 3.30. The Morgan fingerprint density at radius 1 is 1.75 bits per heavy atom. The van der Waals surface area contributed by atoms with E-state index in [2.05, 4.69) is 15.9 Å². The van der Waals surface area contributed by atoms with E-state index in [4.69, 9.17) is 5.11 Å². The van der Waals surface area contributed by atoms with Gasteiger partial charge in [0, 0.05) is 0 Å². The maximum Gasteiger partial charge on any atom is 0.146 e. The Balaban J connectivity index is 3.64. The Morgan fingerprint density at radius 2 is 2.12 bits per heavy atom. The van der Waals surface area contributed by atoms with Crippen LogP contribution in [0.3, 0.4) is 0 Å². The lowest BCUT2D eigenvalue weighted by Gasteiger charge is -2.06. The number of aliphatic hydroxyl groups excluding tert-OH is 1. The van der Waals surface area contributed by atoms with Gasteiger partial charge in [0.05, 0.1) is 10.9 Å². The van der Waals surface area contributed by atoms with Crippen LogP contribution < -0.4 is 0 Å². The molecule has 48 valence electrons. The van der Waals surface area contributed by atoms with Crippen LogP contribution >= 0.6 is 15.9 Å². The number of carbonyl (C=O) groups excluding carboxylic acids is 1. The Labute approximate surface area is 57.0 Å². The highest BCUT2D eigenvalue weighted by molar-refractivity contribution is 9.10. The molecular formula is C5H9BrO2. The topological polar surface area (TPSA) is 37.3 Å². The van der Waals surface area contributed by atoms with Crippen LogP contribution in [0.15, 0.2) is 0 Å². The first kappa shape index (κ1) is 8.11. The molecule has 0 fully saturated rings. The highest BCUT2D eigenvalue weighted by Crippen LogP contribution is 2.05. The minimum atomic E-state index is -0.590. The molecule has 0 saturated heterocycles. The van der Waals surface area contributed by atoms with Gasteiger partial charge < -0.3 is 5.11 Å². The Bertz CT molecular complexity index is 90.4. The van der Waals surface area contributed by atoms with Gasteiger partial charge >= 0.3 is 0 Å². The molecule has 8 heavy (non-hydrogen) atoms. The van der Waals surface area contributed by atoms with E-state index in [0.29, 0.717) is 0 Å². The summed E-state index contributed by atoms with van der Waals surface area (Å²) in [6.45, 7) is 3.01. The molecule has 0 aromatic carbocycles. The van der Waals surface area contributed by atoms with E-state index in [9.17, 15) is 4.79 Å². The van der Waals surface area contributed by atoms with E-state index in [1.807, 2.05) is 0 Å². The van der Waals surface area contributed by atoms with E-state index in [1.165, 1.54) is 6.92 Å². The lowest BCUT2D eigenvalue weighted by atomic mass is 10.2. The molecule has 0 radical (unpaired) electrons. The molecule has 0 rings (SSSR count). The molecule has 0 bridgehead atoms. The van der Waals surface area contributed by atoms with E-state index < -0.39 is 10.9 Å². The van der Waals surface area contributed by atoms with Gasteiger partial charge in [-0.3, -0.25) is 4.79 Å². The molecule has 2 nitrogen and oxygen atoms in total. The number of aliphatic hydroxyl groups is 1. The van der Waals surface area contributed by atoms with Crippen LogP contribution in [0, 0.1) is 0 Å². The van der Waals surface area contributed by atoms with Gasteiger partial charge in [-0.1, -0.05) is 15.9 Å². The molecule has 0 spiro atoms. The number of Topliss-reactive ketones (excluding diaryl/α,β-unsaturated/α-hetero) is 1. The summed E-state index contributed by atoms with van der Waals surface area (Å²) in [6, 6.07) is 0. The predicted octanol–water partition coefficient (Wildman–Crippen LogP) is 0.720. The predicted molar refractivity (Wildman–Crippen MR) is 35.1 cm³/mol. The smallest absolute Gasteiger partial charge is 0.146 e. The summed E-state index contributed by atoms with van der Waals surface area (Å²) < 4.78 is 0. The second kappa shape index (κ2) is 3.20. The highest BCUT2D eigenvalue weighted by atomic mass is 79.9. The van der Waals surface area contributed by atoms with Crippen LogP contribution in [0.1, 0.15) is 13.8 Å². The van der Waals surface area contributed by atoms with Crippen molar-refractivity contribution in [1.82, 2.24) is 0 Å². The van der Waals surface area contributed by atoms with E-state index >= 15 is 0 Å². The molecule has 0 aliphatic carbocycles. The Kier molecular flexibility index (Phi) is 3.24. The minimum Gasteiger partial charge on any atom is -0.392 e. The molecule has 0 amide bonds. The van der Waals surface area contributed by atoms with Crippen molar-refractivity contribution >= 4 is 21.7 Å². The molecule has 0 heterocycles. The molecule has 0 aliphatic heterocycles. The third kappa shape index (κ3) is 2.43. The number of ketones is 1. The maximum atomic E-state index is 10.4. The molecule has 0 aromatic rings. The molecule has 0 saturated carbocycles. The molecule has 2 atom stereocenters. The van der Waals surface area contributed by atoms with Crippen LogP contribution in [-0.2, 0) is 4.79 Å².